The minimum Gasteiger partial charge on any atom is -0.287 e. The van der Waals surface area contributed by atoms with Crippen molar-refractivity contribution < 1.29 is 0 Å². The zero-order chi connectivity index (χ0) is 11.9. The minimum absolute atomic E-state index is 0.0126. The van der Waals surface area contributed by atoms with E-state index in [1.807, 2.05) is 18.4 Å². The summed E-state index contributed by atoms with van der Waals surface area (Å²) in [5.74, 6) is 0. The Labute approximate surface area is 94.3 Å². The molecule has 0 aromatic heterocycles. The van der Waals surface area contributed by atoms with E-state index < -0.39 is 0 Å². The molecule has 0 aromatic carbocycles. The maximum absolute atomic E-state index is 4.51. The van der Waals surface area contributed by atoms with Crippen molar-refractivity contribution in [2.45, 2.75) is 46.6 Å². The van der Waals surface area contributed by atoms with E-state index in [0.29, 0.717) is 0 Å². The van der Waals surface area contributed by atoms with Crippen LogP contribution in [0.15, 0.2) is 40.9 Å². The van der Waals surface area contributed by atoms with Crippen LogP contribution in [-0.2, 0) is 0 Å². The van der Waals surface area contributed by atoms with E-state index in [2.05, 4.69) is 52.3 Å². The number of hydrogen-bond donors (Lipinski definition) is 0. The van der Waals surface area contributed by atoms with Crippen LogP contribution in [0.3, 0.4) is 0 Å². The molecule has 0 bridgehead atoms. The maximum atomic E-state index is 4.51. The smallest absolute Gasteiger partial charge is 0.0524 e. The molecular formula is C14H23N. The van der Waals surface area contributed by atoms with Crippen molar-refractivity contribution >= 4 is 6.21 Å². The van der Waals surface area contributed by atoms with E-state index in [1.165, 1.54) is 11.1 Å². The molecule has 0 aliphatic carbocycles. The second-order valence-electron chi connectivity index (χ2n) is 4.58. The molecule has 84 valence electrons. The van der Waals surface area contributed by atoms with Crippen LogP contribution in [0, 0.1) is 0 Å². The fraction of sp³-hybridized carbons (Fsp3) is 0.500. The van der Waals surface area contributed by atoms with E-state index in [9.17, 15) is 0 Å². The van der Waals surface area contributed by atoms with Gasteiger partial charge in [0, 0.05) is 6.21 Å². The fourth-order valence-electron chi connectivity index (χ4n) is 1.07. The Morgan fingerprint density at radius 3 is 2.33 bits per heavy atom. The third kappa shape index (κ3) is 6.89. The van der Waals surface area contributed by atoms with Crippen LogP contribution in [0.5, 0.6) is 0 Å². The van der Waals surface area contributed by atoms with Crippen LogP contribution < -0.4 is 0 Å². The van der Waals surface area contributed by atoms with Crippen LogP contribution in [0.1, 0.15) is 41.0 Å². The van der Waals surface area contributed by atoms with Crippen molar-refractivity contribution in [3.8, 4) is 0 Å². The zero-order valence-corrected chi connectivity index (χ0v) is 10.7. The molecule has 0 radical (unpaired) electrons. The second kappa shape index (κ2) is 6.39. The normalized spacial score (nSPS) is 14.7. The van der Waals surface area contributed by atoms with Crippen molar-refractivity contribution in [2.24, 2.45) is 4.99 Å². The number of rotatable bonds is 4. The lowest BCUT2D eigenvalue weighted by Crippen LogP contribution is -2.10. The minimum atomic E-state index is -0.0126. The molecule has 0 fully saturated rings. The lowest BCUT2D eigenvalue weighted by Gasteiger charge is -2.12. The van der Waals surface area contributed by atoms with Crippen molar-refractivity contribution in [1.82, 2.24) is 0 Å². The van der Waals surface area contributed by atoms with Gasteiger partial charge in [-0.15, -0.1) is 0 Å². The van der Waals surface area contributed by atoms with Gasteiger partial charge in [-0.1, -0.05) is 31.7 Å². The summed E-state index contributed by atoms with van der Waals surface area (Å²) in [5.41, 5.74) is 2.38. The molecule has 0 heterocycles. The zero-order valence-electron chi connectivity index (χ0n) is 10.7. The highest BCUT2D eigenvalue weighted by molar-refractivity contribution is 5.84. The lowest BCUT2D eigenvalue weighted by atomic mass is 10.1. The predicted octanol–water partition coefficient (Wildman–Crippen LogP) is 4.32. The first kappa shape index (κ1) is 13.9. The summed E-state index contributed by atoms with van der Waals surface area (Å²) >= 11 is 0. The molecule has 15 heavy (non-hydrogen) atoms. The third-order valence-corrected chi connectivity index (χ3v) is 1.84. The molecule has 0 aromatic rings. The fourth-order valence-corrected chi connectivity index (χ4v) is 1.07. The second-order valence-corrected chi connectivity index (χ2v) is 4.58. The Hall–Kier alpha value is -1.11. The van der Waals surface area contributed by atoms with Crippen molar-refractivity contribution in [3.63, 3.8) is 0 Å². The molecule has 0 N–H and O–H groups in total. The van der Waals surface area contributed by atoms with Gasteiger partial charge in [0.15, 0.2) is 0 Å². The number of hydrogen-bond acceptors (Lipinski definition) is 1. The van der Waals surface area contributed by atoms with Gasteiger partial charge in [0.05, 0.1) is 5.54 Å². The summed E-state index contributed by atoms with van der Waals surface area (Å²) in [6.45, 7) is 14.2. The predicted molar refractivity (Wildman–Crippen MR) is 70.6 cm³/mol. The molecule has 0 rings (SSSR count). The number of aliphatic imine (C=N–C) groups is 1. The van der Waals surface area contributed by atoms with Gasteiger partial charge < -0.3 is 0 Å². The average molecular weight is 205 g/mol. The van der Waals surface area contributed by atoms with E-state index in [4.69, 9.17) is 0 Å². The van der Waals surface area contributed by atoms with E-state index in [-0.39, 0.29) is 5.54 Å². The third-order valence-electron chi connectivity index (χ3n) is 1.84. The molecule has 0 aliphatic heterocycles. The maximum Gasteiger partial charge on any atom is 0.0524 e. The molecule has 0 atom stereocenters. The SMILES string of the molecule is C=C/C=C(C)\C(C=NC(C)(C)C)=C/CC. The summed E-state index contributed by atoms with van der Waals surface area (Å²) in [4.78, 5) is 4.51. The number of allylic oxidation sites excluding steroid dienone is 5. The highest BCUT2D eigenvalue weighted by Crippen LogP contribution is 2.11. The van der Waals surface area contributed by atoms with Crippen LogP contribution in [-0.4, -0.2) is 11.8 Å². The van der Waals surface area contributed by atoms with Gasteiger partial charge >= 0.3 is 0 Å². The Morgan fingerprint density at radius 1 is 1.33 bits per heavy atom. The van der Waals surface area contributed by atoms with Crippen molar-refractivity contribution in [3.05, 3.63) is 36.0 Å². The first-order chi connectivity index (χ1) is 6.90. The first-order valence-electron chi connectivity index (χ1n) is 5.45. The highest BCUT2D eigenvalue weighted by Gasteiger charge is 2.05. The Balaban J connectivity index is 4.86. The van der Waals surface area contributed by atoms with Gasteiger partial charge in [-0.25, -0.2) is 0 Å². The molecule has 1 heteroatoms. The summed E-state index contributed by atoms with van der Waals surface area (Å²) in [6, 6.07) is 0. The standard InChI is InChI=1S/C14H23N/c1-7-9-12(3)13(10-8-2)11-15-14(4,5)6/h7,9-11H,1,8H2,2-6H3/b12-9-,13-10-,15-11?. The quantitative estimate of drug-likeness (QED) is 0.478. The van der Waals surface area contributed by atoms with E-state index >= 15 is 0 Å². The lowest BCUT2D eigenvalue weighted by molar-refractivity contribution is 0.586. The molecule has 0 spiro atoms. The molecule has 0 saturated carbocycles. The summed E-state index contributed by atoms with van der Waals surface area (Å²) < 4.78 is 0. The van der Waals surface area contributed by atoms with Gasteiger partial charge in [-0.05, 0) is 45.3 Å². The van der Waals surface area contributed by atoms with Gasteiger partial charge in [0.1, 0.15) is 0 Å². The van der Waals surface area contributed by atoms with Crippen LogP contribution in [0.25, 0.3) is 0 Å². The topological polar surface area (TPSA) is 12.4 Å². The monoisotopic (exact) mass is 205 g/mol. The van der Waals surface area contributed by atoms with Gasteiger partial charge in [0.25, 0.3) is 0 Å². The van der Waals surface area contributed by atoms with Crippen LogP contribution in [0.4, 0.5) is 0 Å². The molecule has 0 aliphatic rings. The van der Waals surface area contributed by atoms with E-state index in [1.54, 1.807) is 0 Å². The molecule has 0 saturated heterocycles. The van der Waals surface area contributed by atoms with Gasteiger partial charge in [-0.2, -0.15) is 0 Å². The first-order valence-corrected chi connectivity index (χ1v) is 5.45. The Kier molecular flexibility index (Phi) is 5.92. The van der Waals surface area contributed by atoms with E-state index in [0.717, 1.165) is 6.42 Å². The molecule has 0 unspecified atom stereocenters. The van der Waals surface area contributed by atoms with Crippen LogP contribution in [0.2, 0.25) is 0 Å². The molecular weight excluding hydrogens is 182 g/mol. The summed E-state index contributed by atoms with van der Waals surface area (Å²) in [7, 11) is 0. The molecule has 1 nitrogen and oxygen atoms in total. The van der Waals surface area contributed by atoms with Crippen molar-refractivity contribution in [2.75, 3.05) is 0 Å². The average Bonchev–Trinajstić information content (AvgIpc) is 2.11. The van der Waals surface area contributed by atoms with Gasteiger partial charge in [0.2, 0.25) is 0 Å². The summed E-state index contributed by atoms with van der Waals surface area (Å²) in [6.07, 6.45) is 8.98. The van der Waals surface area contributed by atoms with Crippen molar-refractivity contribution in [1.29, 1.82) is 0 Å². The summed E-state index contributed by atoms with van der Waals surface area (Å²) in [5, 5.41) is 0. The molecule has 0 amide bonds. The highest BCUT2D eigenvalue weighted by atomic mass is 14.8. The Morgan fingerprint density at radius 2 is 1.93 bits per heavy atom. The Bertz CT molecular complexity index is 285. The van der Waals surface area contributed by atoms with Crippen LogP contribution >= 0.6 is 0 Å². The van der Waals surface area contributed by atoms with Gasteiger partial charge in [-0.3, -0.25) is 4.99 Å². The number of nitrogens with zero attached hydrogens (tertiary/aromatic N) is 1. The largest absolute Gasteiger partial charge is 0.287 e.